The van der Waals surface area contributed by atoms with Gasteiger partial charge in [0.05, 0.1) is 0 Å². The van der Waals surface area contributed by atoms with Crippen LogP contribution in [-0.2, 0) is 6.54 Å². The number of pyridine rings is 1. The van der Waals surface area contributed by atoms with Crippen LogP contribution in [0.4, 0.5) is 0 Å². The SMILES string of the molecule is ClCC1CCCCC1CNCc1cncc(Br)c1. The molecule has 4 heteroatoms. The summed E-state index contributed by atoms with van der Waals surface area (Å²) in [7, 11) is 0. The monoisotopic (exact) mass is 330 g/mol. The Bertz CT molecular complexity index is 373. The Morgan fingerprint density at radius 2 is 2.06 bits per heavy atom. The zero-order chi connectivity index (χ0) is 12.8. The van der Waals surface area contributed by atoms with Crippen molar-refractivity contribution < 1.29 is 0 Å². The first-order chi connectivity index (χ1) is 8.79. The van der Waals surface area contributed by atoms with E-state index in [0.29, 0.717) is 5.92 Å². The Morgan fingerprint density at radius 3 is 2.78 bits per heavy atom. The van der Waals surface area contributed by atoms with E-state index in [1.807, 2.05) is 12.4 Å². The standard InChI is InChI=1S/C14H20BrClN2/c15-14-5-11(8-18-10-14)7-17-9-13-4-2-1-3-12(13)6-16/h5,8,10,12-13,17H,1-4,6-7,9H2. The summed E-state index contributed by atoms with van der Waals surface area (Å²) in [5.74, 6) is 2.26. The fraction of sp³-hybridized carbons (Fsp3) is 0.643. The van der Waals surface area contributed by atoms with E-state index in [4.69, 9.17) is 11.6 Å². The van der Waals surface area contributed by atoms with E-state index in [1.165, 1.54) is 31.2 Å². The van der Waals surface area contributed by atoms with Gasteiger partial charge < -0.3 is 5.32 Å². The van der Waals surface area contributed by atoms with Crippen molar-refractivity contribution in [3.63, 3.8) is 0 Å². The van der Waals surface area contributed by atoms with Crippen molar-refractivity contribution in [1.82, 2.24) is 10.3 Å². The third-order valence-electron chi connectivity index (χ3n) is 3.76. The zero-order valence-corrected chi connectivity index (χ0v) is 12.9. The highest BCUT2D eigenvalue weighted by Gasteiger charge is 2.23. The van der Waals surface area contributed by atoms with Gasteiger partial charge in [0.25, 0.3) is 0 Å². The minimum Gasteiger partial charge on any atom is -0.312 e. The molecule has 1 aliphatic carbocycles. The van der Waals surface area contributed by atoms with E-state index in [2.05, 4.69) is 32.3 Å². The number of hydrogen-bond acceptors (Lipinski definition) is 2. The van der Waals surface area contributed by atoms with Crippen molar-refractivity contribution in [1.29, 1.82) is 0 Å². The quantitative estimate of drug-likeness (QED) is 0.826. The first-order valence-corrected chi connectivity index (χ1v) is 7.98. The molecule has 18 heavy (non-hydrogen) atoms. The van der Waals surface area contributed by atoms with Crippen molar-refractivity contribution in [2.24, 2.45) is 11.8 Å². The number of hydrogen-bond donors (Lipinski definition) is 1. The van der Waals surface area contributed by atoms with E-state index in [0.717, 1.165) is 29.4 Å². The summed E-state index contributed by atoms with van der Waals surface area (Å²) >= 11 is 9.49. The topological polar surface area (TPSA) is 24.9 Å². The molecular formula is C14H20BrClN2. The number of rotatable bonds is 5. The lowest BCUT2D eigenvalue weighted by Crippen LogP contribution is -2.31. The first-order valence-electron chi connectivity index (χ1n) is 6.65. The summed E-state index contributed by atoms with van der Waals surface area (Å²) in [5, 5.41) is 3.54. The fourth-order valence-corrected chi connectivity index (χ4v) is 3.53. The molecule has 1 saturated carbocycles. The van der Waals surface area contributed by atoms with E-state index in [-0.39, 0.29) is 0 Å². The molecule has 1 fully saturated rings. The van der Waals surface area contributed by atoms with E-state index >= 15 is 0 Å². The third-order valence-corrected chi connectivity index (χ3v) is 4.59. The van der Waals surface area contributed by atoms with Gasteiger partial charge >= 0.3 is 0 Å². The van der Waals surface area contributed by atoms with Gasteiger partial charge in [0.2, 0.25) is 0 Å². The number of aromatic nitrogens is 1. The lowest BCUT2D eigenvalue weighted by Gasteiger charge is -2.30. The highest BCUT2D eigenvalue weighted by atomic mass is 79.9. The van der Waals surface area contributed by atoms with Crippen molar-refractivity contribution in [3.8, 4) is 0 Å². The predicted molar refractivity (Wildman–Crippen MR) is 79.8 cm³/mol. The molecule has 2 unspecified atom stereocenters. The van der Waals surface area contributed by atoms with Crippen LogP contribution >= 0.6 is 27.5 Å². The van der Waals surface area contributed by atoms with Gasteiger partial charge in [-0.1, -0.05) is 12.8 Å². The largest absolute Gasteiger partial charge is 0.312 e. The van der Waals surface area contributed by atoms with Gasteiger partial charge in [0.15, 0.2) is 0 Å². The summed E-state index contributed by atoms with van der Waals surface area (Å²) in [6, 6.07) is 2.11. The average Bonchev–Trinajstić information content (AvgIpc) is 2.39. The Balaban J connectivity index is 1.77. The summed E-state index contributed by atoms with van der Waals surface area (Å²) < 4.78 is 1.04. The normalized spacial score (nSPS) is 24.1. The molecule has 0 spiro atoms. The van der Waals surface area contributed by atoms with Gasteiger partial charge in [-0.2, -0.15) is 0 Å². The fourth-order valence-electron chi connectivity index (χ4n) is 2.71. The maximum atomic E-state index is 6.05. The van der Waals surface area contributed by atoms with Crippen LogP contribution in [-0.4, -0.2) is 17.4 Å². The van der Waals surface area contributed by atoms with Crippen LogP contribution in [0.15, 0.2) is 22.9 Å². The summed E-state index contributed by atoms with van der Waals surface area (Å²) in [4.78, 5) is 4.17. The van der Waals surface area contributed by atoms with Gasteiger partial charge in [-0.05, 0) is 58.8 Å². The molecule has 0 aliphatic heterocycles. The number of nitrogens with one attached hydrogen (secondary N) is 1. The summed E-state index contributed by atoms with van der Waals surface area (Å²) in [6.07, 6.45) is 9.06. The van der Waals surface area contributed by atoms with Crippen LogP contribution in [0.3, 0.4) is 0 Å². The van der Waals surface area contributed by atoms with Crippen LogP contribution in [0.2, 0.25) is 0 Å². The Hall–Kier alpha value is -0.120. The molecule has 100 valence electrons. The smallest absolute Gasteiger partial charge is 0.0410 e. The van der Waals surface area contributed by atoms with Crippen molar-refractivity contribution >= 4 is 27.5 Å². The molecule has 0 bridgehead atoms. The van der Waals surface area contributed by atoms with Gasteiger partial charge in [0.1, 0.15) is 0 Å². The van der Waals surface area contributed by atoms with E-state index < -0.39 is 0 Å². The molecule has 1 heterocycles. The molecular weight excluding hydrogens is 312 g/mol. The van der Waals surface area contributed by atoms with Gasteiger partial charge in [-0.15, -0.1) is 11.6 Å². The minimum atomic E-state index is 0.702. The van der Waals surface area contributed by atoms with Crippen LogP contribution in [0, 0.1) is 11.8 Å². The predicted octanol–water partition coefficient (Wildman–Crippen LogP) is 3.98. The number of nitrogens with zero attached hydrogens (tertiary/aromatic N) is 1. The molecule has 2 nitrogen and oxygen atoms in total. The molecule has 0 aromatic carbocycles. The molecule has 1 aromatic rings. The van der Waals surface area contributed by atoms with Crippen LogP contribution in [0.25, 0.3) is 0 Å². The maximum Gasteiger partial charge on any atom is 0.0410 e. The Labute approximate surface area is 123 Å². The van der Waals surface area contributed by atoms with Crippen LogP contribution in [0.1, 0.15) is 31.2 Å². The van der Waals surface area contributed by atoms with E-state index in [9.17, 15) is 0 Å². The Kier molecular flexibility index (Phi) is 5.93. The molecule has 2 rings (SSSR count). The van der Waals surface area contributed by atoms with Crippen molar-refractivity contribution in [3.05, 3.63) is 28.5 Å². The highest BCUT2D eigenvalue weighted by Crippen LogP contribution is 2.30. The van der Waals surface area contributed by atoms with Crippen molar-refractivity contribution in [2.45, 2.75) is 32.2 Å². The lowest BCUT2D eigenvalue weighted by molar-refractivity contribution is 0.250. The Morgan fingerprint density at radius 1 is 1.28 bits per heavy atom. The molecule has 2 atom stereocenters. The molecule has 0 amide bonds. The second-order valence-electron chi connectivity index (χ2n) is 5.10. The van der Waals surface area contributed by atoms with Gasteiger partial charge in [-0.3, -0.25) is 4.98 Å². The van der Waals surface area contributed by atoms with E-state index in [1.54, 1.807) is 0 Å². The second kappa shape index (κ2) is 7.46. The third kappa shape index (κ3) is 4.22. The van der Waals surface area contributed by atoms with Gasteiger partial charge in [-0.25, -0.2) is 0 Å². The van der Waals surface area contributed by atoms with Gasteiger partial charge in [0, 0.05) is 29.3 Å². The second-order valence-corrected chi connectivity index (χ2v) is 6.33. The molecule has 1 N–H and O–H groups in total. The van der Waals surface area contributed by atoms with Crippen molar-refractivity contribution in [2.75, 3.05) is 12.4 Å². The molecule has 0 saturated heterocycles. The van der Waals surface area contributed by atoms with Crippen LogP contribution < -0.4 is 5.32 Å². The summed E-state index contributed by atoms with van der Waals surface area (Å²) in [6.45, 7) is 1.96. The zero-order valence-electron chi connectivity index (χ0n) is 10.5. The molecule has 0 radical (unpaired) electrons. The van der Waals surface area contributed by atoms with Crippen LogP contribution in [0.5, 0.6) is 0 Å². The molecule has 1 aliphatic rings. The number of alkyl halides is 1. The molecule has 1 aromatic heterocycles. The number of halogens is 2. The maximum absolute atomic E-state index is 6.05. The first kappa shape index (κ1) is 14.3. The summed E-state index contributed by atoms with van der Waals surface area (Å²) in [5.41, 5.74) is 1.22. The average molecular weight is 332 g/mol. The highest BCUT2D eigenvalue weighted by molar-refractivity contribution is 9.10. The minimum absolute atomic E-state index is 0.702. The lowest BCUT2D eigenvalue weighted by atomic mass is 9.80.